The summed E-state index contributed by atoms with van der Waals surface area (Å²) in [6.07, 6.45) is 0. The van der Waals surface area contributed by atoms with E-state index in [4.69, 9.17) is 76.6 Å². The molecular formula is BCaN5O15. The topological polar surface area (TPSA) is 331 Å². The van der Waals surface area contributed by atoms with Crippen LogP contribution >= 0.6 is 0 Å². The van der Waals surface area contributed by atoms with Crippen LogP contribution in [0.5, 0.6) is 0 Å². The van der Waals surface area contributed by atoms with Gasteiger partial charge in [0.2, 0.25) is 0 Å². The molecule has 0 aromatic carbocycles. The monoisotopic (exact) mass is 361 g/mol. The summed E-state index contributed by atoms with van der Waals surface area (Å²) < 4.78 is 0. The molecule has 0 fully saturated rings. The minimum Gasteiger partial charge on any atom is -0.356 e. The van der Waals surface area contributed by atoms with Crippen LogP contribution in [0.2, 0.25) is 0 Å². The van der Waals surface area contributed by atoms with Gasteiger partial charge in [0.15, 0.2) is 0 Å². The SMILES string of the molecule is O=[N+]([O-])[O-].O=[N+]([O-])[O-].O=[N+]([O-])[O-].O=[N+]([O-])[O-].O=[N+]([O-])[O-].[B+3].[Ca+2]. The van der Waals surface area contributed by atoms with Gasteiger partial charge in [-0.2, -0.15) is 0 Å². The fraction of sp³-hybridized carbons (Fsp3) is 0. The number of rotatable bonds is 0. The molecule has 0 aromatic rings. The first kappa shape index (κ1) is 42.7. The second kappa shape index (κ2) is 36.2. The molecule has 0 unspecified atom stereocenters. The molecule has 22 heteroatoms. The Labute approximate surface area is 148 Å². The quantitative estimate of drug-likeness (QED) is 0.256. The molecule has 0 saturated heterocycles. The van der Waals surface area contributed by atoms with Gasteiger partial charge in [0.25, 0.3) is 0 Å². The Kier molecular flexibility index (Phi) is 70.3. The van der Waals surface area contributed by atoms with Crippen LogP contribution in [-0.4, -0.2) is 71.6 Å². The third-order valence-electron chi connectivity index (χ3n) is 0. The molecule has 0 amide bonds. The molecule has 0 aliphatic rings. The molecule has 0 radical (unpaired) electrons. The minimum atomic E-state index is -1.75. The molecule has 0 N–H and O–H groups in total. The van der Waals surface area contributed by atoms with Crippen molar-refractivity contribution in [2.24, 2.45) is 0 Å². The Morgan fingerprint density at radius 2 is 0.364 bits per heavy atom. The van der Waals surface area contributed by atoms with Crippen LogP contribution < -0.4 is 0 Å². The van der Waals surface area contributed by atoms with Crippen LogP contribution in [0.25, 0.3) is 0 Å². The van der Waals surface area contributed by atoms with E-state index in [9.17, 15) is 0 Å². The predicted molar refractivity (Wildman–Crippen MR) is 63.3 cm³/mol. The average Bonchev–Trinajstić information content (AvgIpc) is 1.94. The molecule has 0 rings (SSSR count). The molecule has 0 spiro atoms. The van der Waals surface area contributed by atoms with Crippen LogP contribution in [0.4, 0.5) is 0 Å². The van der Waals surface area contributed by atoms with Crippen molar-refractivity contribution in [2.45, 2.75) is 0 Å². The van der Waals surface area contributed by atoms with E-state index in [0.29, 0.717) is 0 Å². The van der Waals surface area contributed by atoms with Gasteiger partial charge in [-0.1, -0.05) is 0 Å². The van der Waals surface area contributed by atoms with Gasteiger partial charge in [-0.15, -0.1) is 0 Å². The average molecular weight is 361 g/mol. The van der Waals surface area contributed by atoms with Crippen LogP contribution in [0.3, 0.4) is 0 Å². The molecular weight excluding hydrogens is 361 g/mol. The van der Waals surface area contributed by atoms with Crippen molar-refractivity contribution in [2.75, 3.05) is 0 Å². The Morgan fingerprint density at radius 1 is 0.364 bits per heavy atom. The second-order valence-corrected chi connectivity index (χ2v) is 1.12. The molecule has 120 valence electrons. The fourth-order valence-corrected chi connectivity index (χ4v) is 0. The summed E-state index contributed by atoms with van der Waals surface area (Å²) in [4.78, 5) is 41.2. The Morgan fingerprint density at radius 3 is 0.364 bits per heavy atom. The van der Waals surface area contributed by atoms with Gasteiger partial charge in [-0.05, 0) is 0 Å². The third-order valence-corrected chi connectivity index (χ3v) is 0. The van der Waals surface area contributed by atoms with E-state index >= 15 is 0 Å². The van der Waals surface area contributed by atoms with Crippen LogP contribution in [0, 0.1) is 76.6 Å². The summed E-state index contributed by atoms with van der Waals surface area (Å²) in [5.41, 5.74) is 0. The summed E-state index contributed by atoms with van der Waals surface area (Å²) in [5.74, 6) is 0. The zero-order valence-corrected chi connectivity index (χ0v) is 11.9. The Hall–Kier alpha value is -2.68. The van der Waals surface area contributed by atoms with E-state index in [0.717, 1.165) is 0 Å². The van der Waals surface area contributed by atoms with E-state index in [1.54, 1.807) is 0 Å². The van der Waals surface area contributed by atoms with Gasteiger partial charge < -0.3 is 76.6 Å². The molecule has 0 aliphatic carbocycles. The fourth-order valence-electron chi connectivity index (χ4n) is 0. The molecule has 0 bridgehead atoms. The van der Waals surface area contributed by atoms with Gasteiger partial charge in [0, 0.05) is 0 Å². The molecule has 0 heterocycles. The van der Waals surface area contributed by atoms with Crippen molar-refractivity contribution >= 4 is 46.2 Å². The largest absolute Gasteiger partial charge is 3.00 e. The second-order valence-electron chi connectivity index (χ2n) is 1.12. The summed E-state index contributed by atoms with van der Waals surface area (Å²) in [6.45, 7) is 0. The predicted octanol–water partition coefficient (Wildman–Crippen LogP) is -1.96. The summed E-state index contributed by atoms with van der Waals surface area (Å²) in [6, 6.07) is 0. The van der Waals surface area contributed by atoms with Crippen LogP contribution in [0.1, 0.15) is 0 Å². The number of hydrogen-bond donors (Lipinski definition) is 0. The maximum absolute atomic E-state index is 8.25. The van der Waals surface area contributed by atoms with Crippen molar-refractivity contribution in [3.05, 3.63) is 76.6 Å². The molecule has 20 nitrogen and oxygen atoms in total. The first-order valence-electron chi connectivity index (χ1n) is 2.74. The van der Waals surface area contributed by atoms with E-state index < -0.39 is 25.4 Å². The van der Waals surface area contributed by atoms with Gasteiger partial charge in [-0.25, -0.2) is 0 Å². The minimum absolute atomic E-state index is 0. The van der Waals surface area contributed by atoms with Gasteiger partial charge >= 0.3 is 46.2 Å². The molecule has 0 atom stereocenters. The molecule has 0 aromatic heterocycles. The summed E-state index contributed by atoms with van der Waals surface area (Å²) in [5, 5.41) is 73.8. The maximum atomic E-state index is 8.25. The molecule has 0 aliphatic heterocycles. The molecule has 22 heavy (non-hydrogen) atoms. The van der Waals surface area contributed by atoms with Crippen molar-refractivity contribution in [1.82, 2.24) is 0 Å². The van der Waals surface area contributed by atoms with E-state index in [2.05, 4.69) is 0 Å². The van der Waals surface area contributed by atoms with Gasteiger partial charge in [0.05, 0.1) is 25.4 Å². The maximum Gasteiger partial charge on any atom is 3.00 e. The number of nitrogens with zero attached hydrogens (tertiary/aromatic N) is 5. The number of hydrogen-bond acceptors (Lipinski definition) is 15. The summed E-state index contributed by atoms with van der Waals surface area (Å²) >= 11 is 0. The molecule has 0 saturated carbocycles. The standard InChI is InChI=1S/B.Ca.5NO3/c;;5*2-1(3)4/q+3;+2;5*-1. The van der Waals surface area contributed by atoms with Crippen molar-refractivity contribution in [1.29, 1.82) is 0 Å². The van der Waals surface area contributed by atoms with Crippen LogP contribution in [-0.2, 0) is 0 Å². The van der Waals surface area contributed by atoms with Crippen molar-refractivity contribution in [3.8, 4) is 0 Å². The van der Waals surface area contributed by atoms with E-state index in [1.807, 2.05) is 0 Å². The Balaban J connectivity index is -0.0000000250. The smallest absolute Gasteiger partial charge is 0.356 e. The first-order chi connectivity index (χ1) is 8.66. The van der Waals surface area contributed by atoms with Crippen molar-refractivity contribution in [3.63, 3.8) is 0 Å². The van der Waals surface area contributed by atoms with E-state index in [1.165, 1.54) is 0 Å². The van der Waals surface area contributed by atoms with E-state index in [-0.39, 0.29) is 46.2 Å². The zero-order chi connectivity index (χ0) is 17.9. The summed E-state index contributed by atoms with van der Waals surface area (Å²) in [7, 11) is 0. The normalized spacial score (nSPS) is 5.45. The third kappa shape index (κ3) is 645. The Bertz CT molecular complexity index is 213. The van der Waals surface area contributed by atoms with Crippen molar-refractivity contribution < 1.29 is 25.4 Å². The van der Waals surface area contributed by atoms with Crippen LogP contribution in [0.15, 0.2) is 0 Å². The van der Waals surface area contributed by atoms with Gasteiger partial charge in [0.1, 0.15) is 0 Å². The van der Waals surface area contributed by atoms with Gasteiger partial charge in [-0.3, -0.25) is 0 Å². The zero-order valence-electron chi connectivity index (χ0n) is 9.64. The first-order valence-corrected chi connectivity index (χ1v) is 2.74.